The highest BCUT2D eigenvalue weighted by atomic mass is 16.5. The summed E-state index contributed by atoms with van der Waals surface area (Å²) in [6.45, 7) is 1.91. The fourth-order valence-corrected chi connectivity index (χ4v) is 1.73. The van der Waals surface area contributed by atoms with E-state index in [9.17, 15) is 4.79 Å². The van der Waals surface area contributed by atoms with Gasteiger partial charge in [-0.15, -0.1) is 5.10 Å². The number of nitrogens with zero attached hydrogens (tertiary/aromatic N) is 1. The van der Waals surface area contributed by atoms with Crippen LogP contribution >= 0.6 is 0 Å². The van der Waals surface area contributed by atoms with E-state index in [-0.39, 0.29) is 11.6 Å². The molecule has 2 aromatic rings. The average Bonchev–Trinajstić information content (AvgIpc) is 2.73. The van der Waals surface area contributed by atoms with Crippen molar-refractivity contribution in [2.24, 2.45) is 0 Å². The second-order valence-corrected chi connectivity index (χ2v) is 3.60. The maximum atomic E-state index is 11.1. The van der Waals surface area contributed by atoms with Gasteiger partial charge in [-0.25, -0.2) is 4.79 Å². The number of aromatic amines is 1. The molecule has 2 rings (SSSR count). The summed E-state index contributed by atoms with van der Waals surface area (Å²) in [7, 11) is 1.46. The lowest BCUT2D eigenvalue weighted by atomic mass is 10.0. The number of hydrogen-bond donors (Lipinski definition) is 2. The predicted molar refractivity (Wildman–Crippen MR) is 62.3 cm³/mol. The van der Waals surface area contributed by atoms with Crippen molar-refractivity contribution in [3.05, 3.63) is 35.5 Å². The van der Waals surface area contributed by atoms with Crippen molar-refractivity contribution in [3.63, 3.8) is 0 Å². The summed E-state index contributed by atoms with van der Waals surface area (Å²) < 4.78 is 5.08. The quantitative estimate of drug-likeness (QED) is 0.849. The Morgan fingerprint density at radius 1 is 1.41 bits per heavy atom. The van der Waals surface area contributed by atoms with E-state index in [1.54, 1.807) is 0 Å². The summed E-state index contributed by atoms with van der Waals surface area (Å²) in [5, 5.41) is 15.4. The first kappa shape index (κ1) is 11.2. The zero-order chi connectivity index (χ0) is 12.4. The zero-order valence-electron chi connectivity index (χ0n) is 9.52. The van der Waals surface area contributed by atoms with Crippen LogP contribution in [0.4, 0.5) is 0 Å². The van der Waals surface area contributed by atoms with Crippen molar-refractivity contribution >= 4 is 5.97 Å². The number of carbonyl (C=O) groups is 1. The molecule has 1 heterocycles. The predicted octanol–water partition coefficient (Wildman–Crippen LogP) is 2.09. The maximum absolute atomic E-state index is 11.1. The minimum atomic E-state index is -1.06. The molecule has 0 aliphatic carbocycles. The molecule has 0 unspecified atom stereocenters. The van der Waals surface area contributed by atoms with E-state index in [0.29, 0.717) is 5.56 Å². The molecule has 0 saturated heterocycles. The third kappa shape index (κ3) is 1.87. The van der Waals surface area contributed by atoms with Crippen molar-refractivity contribution in [3.8, 4) is 17.0 Å². The Morgan fingerprint density at radius 2 is 2.12 bits per heavy atom. The number of aromatic nitrogens is 2. The lowest BCUT2D eigenvalue weighted by Crippen LogP contribution is -2.00. The van der Waals surface area contributed by atoms with Crippen molar-refractivity contribution < 1.29 is 14.6 Å². The highest BCUT2D eigenvalue weighted by Gasteiger charge is 2.21. The number of ether oxygens (including phenoxy) is 1. The van der Waals surface area contributed by atoms with Crippen LogP contribution in [-0.2, 0) is 0 Å². The van der Waals surface area contributed by atoms with E-state index >= 15 is 0 Å². The van der Waals surface area contributed by atoms with Gasteiger partial charge in [0.15, 0.2) is 5.69 Å². The number of methoxy groups -OCH3 is 1. The molecule has 0 fully saturated rings. The fourth-order valence-electron chi connectivity index (χ4n) is 1.73. The maximum Gasteiger partial charge on any atom is 0.354 e. The van der Waals surface area contributed by atoms with Gasteiger partial charge in [0.05, 0.1) is 12.7 Å². The number of carboxylic acid groups (broad SMARTS) is 1. The molecule has 1 aromatic carbocycles. The number of rotatable bonds is 3. The Bertz CT molecular complexity index is 561. The summed E-state index contributed by atoms with van der Waals surface area (Å²) in [4.78, 5) is 11.1. The number of hydrogen-bond acceptors (Lipinski definition) is 3. The van der Waals surface area contributed by atoms with Gasteiger partial charge in [-0.3, -0.25) is 5.10 Å². The van der Waals surface area contributed by atoms with Gasteiger partial charge in [0, 0.05) is 0 Å². The van der Waals surface area contributed by atoms with Crippen LogP contribution in [0.2, 0.25) is 0 Å². The van der Waals surface area contributed by atoms with Gasteiger partial charge < -0.3 is 9.84 Å². The third-order valence-electron chi connectivity index (χ3n) is 2.55. The molecule has 5 heteroatoms. The Labute approximate surface area is 98.0 Å². The van der Waals surface area contributed by atoms with E-state index < -0.39 is 5.97 Å². The molecule has 0 spiro atoms. The van der Waals surface area contributed by atoms with Gasteiger partial charge in [0.1, 0.15) is 0 Å². The zero-order valence-corrected chi connectivity index (χ0v) is 9.52. The molecule has 0 atom stereocenters. The molecule has 0 bridgehead atoms. The number of aromatic carboxylic acids is 1. The largest absolute Gasteiger partial charge is 0.479 e. The summed E-state index contributed by atoms with van der Waals surface area (Å²) in [6.07, 6.45) is 0. The lowest BCUT2D eigenvalue weighted by molar-refractivity contribution is 0.0691. The first-order valence-corrected chi connectivity index (χ1v) is 5.06. The minimum absolute atomic E-state index is 0.0381. The Balaban J connectivity index is 2.69. The number of benzene rings is 1. The van der Waals surface area contributed by atoms with E-state index in [1.165, 1.54) is 7.11 Å². The van der Waals surface area contributed by atoms with Crippen LogP contribution in [-0.4, -0.2) is 28.4 Å². The van der Waals surface area contributed by atoms with Crippen LogP contribution in [0.5, 0.6) is 5.88 Å². The van der Waals surface area contributed by atoms with Crippen LogP contribution in [0, 0.1) is 6.92 Å². The van der Waals surface area contributed by atoms with Gasteiger partial charge in [-0.05, 0) is 18.1 Å². The van der Waals surface area contributed by atoms with E-state index in [4.69, 9.17) is 9.84 Å². The van der Waals surface area contributed by atoms with Gasteiger partial charge in [0.25, 0.3) is 0 Å². The summed E-state index contributed by atoms with van der Waals surface area (Å²) in [5.74, 6) is -0.768. The van der Waals surface area contributed by atoms with E-state index in [0.717, 1.165) is 11.1 Å². The molecule has 5 nitrogen and oxygen atoms in total. The number of H-pyrrole nitrogens is 1. The lowest BCUT2D eigenvalue weighted by Gasteiger charge is -2.06. The minimum Gasteiger partial charge on any atom is -0.479 e. The summed E-state index contributed by atoms with van der Waals surface area (Å²) in [5.41, 5.74) is 2.29. The molecule has 2 N–H and O–H groups in total. The second-order valence-electron chi connectivity index (χ2n) is 3.60. The van der Waals surface area contributed by atoms with Crippen LogP contribution < -0.4 is 4.74 Å². The number of aryl methyl sites for hydroxylation is 1. The molecule has 0 aliphatic rings. The monoisotopic (exact) mass is 232 g/mol. The third-order valence-corrected chi connectivity index (χ3v) is 2.55. The fraction of sp³-hybridized carbons (Fsp3) is 0.167. The van der Waals surface area contributed by atoms with Gasteiger partial charge in [-0.2, -0.15) is 0 Å². The summed E-state index contributed by atoms with van der Waals surface area (Å²) in [6, 6.07) is 7.49. The first-order valence-electron chi connectivity index (χ1n) is 5.06. The molecule has 1 aromatic heterocycles. The van der Waals surface area contributed by atoms with Crippen molar-refractivity contribution in [1.82, 2.24) is 10.2 Å². The topological polar surface area (TPSA) is 75.2 Å². The van der Waals surface area contributed by atoms with E-state index in [1.807, 2.05) is 31.2 Å². The van der Waals surface area contributed by atoms with Crippen molar-refractivity contribution in [2.45, 2.75) is 6.92 Å². The molecular formula is C12H12N2O3. The highest BCUT2D eigenvalue weighted by Crippen LogP contribution is 2.33. The molecule has 0 amide bonds. The molecular weight excluding hydrogens is 220 g/mol. The smallest absolute Gasteiger partial charge is 0.354 e. The Hall–Kier alpha value is -2.30. The van der Waals surface area contributed by atoms with Gasteiger partial charge in [0.2, 0.25) is 5.88 Å². The highest BCUT2D eigenvalue weighted by molar-refractivity contribution is 5.96. The average molecular weight is 232 g/mol. The standard InChI is InChI=1S/C12H12N2O3/c1-7-5-3-4-6-8(7)9-10(12(15)16)13-14-11(9)17-2/h3-6H,1-2H3,(H,13,14)(H,15,16). The first-order chi connectivity index (χ1) is 8.15. The van der Waals surface area contributed by atoms with Gasteiger partial charge in [-0.1, -0.05) is 24.3 Å². The number of carboxylic acids is 1. The molecule has 0 radical (unpaired) electrons. The summed E-state index contributed by atoms with van der Waals surface area (Å²) >= 11 is 0. The van der Waals surface area contributed by atoms with Crippen LogP contribution in [0.15, 0.2) is 24.3 Å². The van der Waals surface area contributed by atoms with Gasteiger partial charge >= 0.3 is 5.97 Å². The normalized spacial score (nSPS) is 10.2. The van der Waals surface area contributed by atoms with Crippen LogP contribution in [0.3, 0.4) is 0 Å². The van der Waals surface area contributed by atoms with Crippen LogP contribution in [0.1, 0.15) is 16.1 Å². The van der Waals surface area contributed by atoms with Crippen LogP contribution in [0.25, 0.3) is 11.1 Å². The molecule has 17 heavy (non-hydrogen) atoms. The molecule has 88 valence electrons. The van der Waals surface area contributed by atoms with Crippen molar-refractivity contribution in [1.29, 1.82) is 0 Å². The Morgan fingerprint density at radius 3 is 2.71 bits per heavy atom. The SMILES string of the molecule is COc1n[nH]c(C(=O)O)c1-c1ccccc1C. The van der Waals surface area contributed by atoms with E-state index in [2.05, 4.69) is 10.2 Å². The Kier molecular flexibility index (Phi) is 2.82. The van der Waals surface area contributed by atoms with Crippen molar-refractivity contribution in [2.75, 3.05) is 7.11 Å². The second kappa shape index (κ2) is 4.29. The molecule has 0 saturated carbocycles. The number of nitrogens with one attached hydrogen (secondary N) is 1. The molecule has 0 aliphatic heterocycles.